The molecule has 2 aliphatic rings. The number of benzene rings is 1. The molecule has 1 aliphatic heterocycles. The molecule has 5 rings (SSSR count). The molecule has 0 atom stereocenters. The van der Waals surface area contributed by atoms with E-state index in [4.69, 9.17) is 4.84 Å². The Morgan fingerprint density at radius 2 is 2.00 bits per heavy atom. The Labute approximate surface area is 169 Å². The molecule has 1 saturated heterocycles. The largest absolute Gasteiger partial charge is 0.374 e. The number of pyridine rings is 1. The summed E-state index contributed by atoms with van der Waals surface area (Å²) in [4.78, 5) is 29.3. The van der Waals surface area contributed by atoms with Crippen molar-refractivity contribution >= 4 is 33.3 Å². The number of fused-ring (bicyclic) bond motifs is 1. The highest BCUT2D eigenvalue weighted by Crippen LogP contribution is 2.34. The lowest BCUT2D eigenvalue weighted by Crippen LogP contribution is -2.63. The van der Waals surface area contributed by atoms with Crippen LogP contribution < -0.4 is 9.74 Å². The van der Waals surface area contributed by atoms with Gasteiger partial charge in [0.2, 0.25) is 0 Å². The molecule has 3 heterocycles. The van der Waals surface area contributed by atoms with Crippen molar-refractivity contribution < 1.29 is 18.4 Å². The van der Waals surface area contributed by atoms with Gasteiger partial charge >= 0.3 is 0 Å². The summed E-state index contributed by atoms with van der Waals surface area (Å²) in [6.45, 7) is 1.01. The molecule has 3 aromatic rings. The predicted molar refractivity (Wildman–Crippen MR) is 105 cm³/mol. The van der Waals surface area contributed by atoms with Crippen molar-refractivity contribution in [2.45, 2.75) is 25.3 Å². The summed E-state index contributed by atoms with van der Waals surface area (Å²) in [5, 5.41) is 1.39. The molecule has 150 valence electrons. The van der Waals surface area contributed by atoms with E-state index in [0.717, 1.165) is 19.3 Å². The van der Waals surface area contributed by atoms with Crippen LogP contribution in [-0.4, -0.2) is 40.1 Å². The van der Waals surface area contributed by atoms with Crippen molar-refractivity contribution in [2.75, 3.05) is 18.0 Å². The van der Waals surface area contributed by atoms with Crippen molar-refractivity contribution in [2.24, 2.45) is 5.92 Å². The zero-order valence-corrected chi connectivity index (χ0v) is 16.2. The number of hydrogen-bond acceptors (Lipinski definition) is 6. The topological polar surface area (TPSA) is 58.6 Å². The van der Waals surface area contributed by atoms with Crippen LogP contribution in [-0.2, 0) is 4.79 Å². The maximum atomic E-state index is 14.0. The normalized spacial score (nSPS) is 17.1. The lowest BCUT2D eigenvalue weighted by atomic mass is 9.84. The number of carbonyl (C=O) groups is 1. The second-order valence-corrected chi connectivity index (χ2v) is 8.27. The average molecular weight is 416 g/mol. The van der Waals surface area contributed by atoms with Gasteiger partial charge in [-0.05, 0) is 31.0 Å². The summed E-state index contributed by atoms with van der Waals surface area (Å²) in [5.74, 6) is -0.0837. The lowest BCUT2D eigenvalue weighted by Gasteiger charge is -2.46. The minimum Gasteiger partial charge on any atom is -0.374 e. The van der Waals surface area contributed by atoms with Gasteiger partial charge in [-0.25, -0.2) is 18.7 Å². The summed E-state index contributed by atoms with van der Waals surface area (Å²) in [5.41, 5.74) is 2.17. The molecular formula is C20H18F2N4O2S. The monoisotopic (exact) mass is 416 g/mol. The first kappa shape index (κ1) is 18.2. The first-order chi connectivity index (χ1) is 14.1. The van der Waals surface area contributed by atoms with Crippen LogP contribution in [0.3, 0.4) is 0 Å². The number of aromatic nitrogens is 2. The van der Waals surface area contributed by atoms with Crippen LogP contribution in [0.15, 0.2) is 36.0 Å². The van der Waals surface area contributed by atoms with Gasteiger partial charge in [0, 0.05) is 25.1 Å². The zero-order valence-electron chi connectivity index (χ0n) is 15.4. The van der Waals surface area contributed by atoms with Gasteiger partial charge in [-0.3, -0.25) is 4.79 Å². The van der Waals surface area contributed by atoms with E-state index < -0.39 is 11.6 Å². The highest BCUT2D eigenvalue weighted by Gasteiger charge is 2.41. The van der Waals surface area contributed by atoms with E-state index in [0.29, 0.717) is 29.1 Å². The minimum absolute atomic E-state index is 0.0625. The number of thiazole rings is 1. The number of hydrogen-bond donors (Lipinski definition) is 0. The van der Waals surface area contributed by atoms with Crippen molar-refractivity contribution in [3.8, 4) is 5.75 Å². The van der Waals surface area contributed by atoms with Crippen LogP contribution in [0.2, 0.25) is 0 Å². The third-order valence-corrected chi connectivity index (χ3v) is 6.24. The molecule has 2 aromatic heterocycles. The van der Waals surface area contributed by atoms with Crippen LogP contribution in [0.1, 0.15) is 19.3 Å². The fraction of sp³-hybridized carbons (Fsp3) is 0.350. The SMILES string of the molecule is O=C(C1CCC1)N(Oc1cc(F)cc2scnc12)C1CN(c2ccc(F)cn2)C1. The number of carbonyl (C=O) groups excluding carboxylic acids is 1. The smallest absolute Gasteiger partial charge is 0.258 e. The number of anilines is 1. The van der Waals surface area contributed by atoms with E-state index >= 15 is 0 Å². The van der Waals surface area contributed by atoms with Gasteiger partial charge in [-0.15, -0.1) is 11.3 Å². The molecule has 0 N–H and O–H groups in total. The maximum absolute atomic E-state index is 14.0. The van der Waals surface area contributed by atoms with E-state index in [9.17, 15) is 13.6 Å². The Morgan fingerprint density at radius 1 is 1.17 bits per heavy atom. The molecule has 0 unspecified atom stereocenters. The Balaban J connectivity index is 1.38. The third-order valence-electron chi connectivity index (χ3n) is 5.46. The second kappa shape index (κ2) is 7.22. The Bertz CT molecular complexity index is 1050. The summed E-state index contributed by atoms with van der Waals surface area (Å²) < 4.78 is 27.8. The molecule has 2 fully saturated rings. The number of halogens is 2. The predicted octanol–water partition coefficient (Wildman–Crippen LogP) is 3.78. The van der Waals surface area contributed by atoms with Crippen molar-refractivity contribution in [3.63, 3.8) is 0 Å². The van der Waals surface area contributed by atoms with E-state index in [1.807, 2.05) is 4.90 Å². The Morgan fingerprint density at radius 3 is 2.69 bits per heavy atom. The van der Waals surface area contributed by atoms with E-state index in [-0.39, 0.29) is 23.6 Å². The van der Waals surface area contributed by atoms with Crippen LogP contribution in [0, 0.1) is 17.6 Å². The molecule has 9 heteroatoms. The molecule has 1 aliphatic carbocycles. The van der Waals surface area contributed by atoms with Gasteiger partial charge in [-0.1, -0.05) is 6.42 Å². The van der Waals surface area contributed by atoms with E-state index in [1.165, 1.54) is 40.8 Å². The molecule has 0 radical (unpaired) electrons. The average Bonchev–Trinajstić information content (AvgIpc) is 3.08. The quantitative estimate of drug-likeness (QED) is 0.593. The van der Waals surface area contributed by atoms with Crippen LogP contribution >= 0.6 is 11.3 Å². The van der Waals surface area contributed by atoms with Crippen molar-refractivity contribution in [1.82, 2.24) is 15.0 Å². The summed E-state index contributed by atoms with van der Waals surface area (Å²) in [6, 6.07) is 5.43. The highest BCUT2D eigenvalue weighted by atomic mass is 32.1. The van der Waals surface area contributed by atoms with Gasteiger partial charge in [-0.2, -0.15) is 5.06 Å². The third kappa shape index (κ3) is 3.39. The standard InChI is InChI=1S/C20H18F2N4O2S/c21-13-4-5-18(23-8-13)25-9-15(10-25)26(20(27)12-2-1-3-12)28-16-6-14(22)7-17-19(16)24-11-29-17/h4-8,11-12,15H,1-3,9-10H2. The fourth-order valence-corrected chi connectivity index (χ4v) is 4.28. The molecule has 29 heavy (non-hydrogen) atoms. The molecule has 1 amide bonds. The minimum atomic E-state index is -0.432. The number of rotatable bonds is 5. The van der Waals surface area contributed by atoms with Gasteiger partial charge in [0.05, 0.1) is 16.4 Å². The van der Waals surface area contributed by atoms with Crippen molar-refractivity contribution in [3.05, 3.63) is 47.6 Å². The number of amides is 1. The lowest BCUT2D eigenvalue weighted by molar-refractivity contribution is -0.175. The molecule has 0 bridgehead atoms. The molecular weight excluding hydrogens is 398 g/mol. The van der Waals surface area contributed by atoms with E-state index in [2.05, 4.69) is 9.97 Å². The van der Waals surface area contributed by atoms with Crippen LogP contribution in [0.25, 0.3) is 10.2 Å². The maximum Gasteiger partial charge on any atom is 0.258 e. The van der Waals surface area contributed by atoms with Crippen molar-refractivity contribution in [1.29, 1.82) is 0 Å². The van der Waals surface area contributed by atoms with Gasteiger partial charge < -0.3 is 9.74 Å². The number of nitrogens with zero attached hydrogens (tertiary/aromatic N) is 4. The fourth-order valence-electron chi connectivity index (χ4n) is 3.56. The molecule has 1 aromatic carbocycles. The summed E-state index contributed by atoms with van der Waals surface area (Å²) >= 11 is 1.32. The van der Waals surface area contributed by atoms with E-state index in [1.54, 1.807) is 11.6 Å². The van der Waals surface area contributed by atoms with Crippen LogP contribution in [0.4, 0.5) is 14.6 Å². The summed E-state index contributed by atoms with van der Waals surface area (Å²) in [7, 11) is 0. The Kier molecular flexibility index (Phi) is 4.54. The number of hydroxylamine groups is 2. The Hall–Kier alpha value is -2.81. The first-order valence-corrected chi connectivity index (χ1v) is 10.4. The second-order valence-electron chi connectivity index (χ2n) is 7.38. The first-order valence-electron chi connectivity index (χ1n) is 9.49. The molecule has 0 spiro atoms. The van der Waals surface area contributed by atoms with Gasteiger partial charge in [0.25, 0.3) is 5.91 Å². The highest BCUT2D eigenvalue weighted by molar-refractivity contribution is 7.16. The molecule has 1 saturated carbocycles. The molecule has 6 nitrogen and oxygen atoms in total. The zero-order chi connectivity index (χ0) is 20.0. The summed E-state index contributed by atoms with van der Waals surface area (Å²) in [6.07, 6.45) is 3.87. The van der Waals surface area contributed by atoms with Gasteiger partial charge in [0.1, 0.15) is 29.0 Å². The van der Waals surface area contributed by atoms with Gasteiger partial charge in [0.15, 0.2) is 5.75 Å². The van der Waals surface area contributed by atoms with Crippen LogP contribution in [0.5, 0.6) is 5.75 Å².